The third kappa shape index (κ3) is 3.70. The van der Waals surface area contributed by atoms with E-state index in [2.05, 4.69) is 20.6 Å². The standard InChI is InChI=1S/C17H16N4O3/c1-23-15-7-3-2-6-13(15)21-17(22)14-10-20-16(11-18-14)19-9-12-5-4-8-24-12/h2-8,10-11H,9H2,1H3,(H,19,20)(H,21,22). The fourth-order valence-corrected chi connectivity index (χ4v) is 2.06. The van der Waals surface area contributed by atoms with E-state index in [1.54, 1.807) is 25.5 Å². The van der Waals surface area contributed by atoms with Gasteiger partial charge in [-0.3, -0.25) is 4.79 Å². The Bertz CT molecular complexity index is 801. The molecule has 122 valence electrons. The number of hydrogen-bond donors (Lipinski definition) is 2. The number of rotatable bonds is 6. The Morgan fingerprint density at radius 3 is 2.75 bits per heavy atom. The molecule has 1 amide bonds. The van der Waals surface area contributed by atoms with Crippen molar-refractivity contribution in [2.75, 3.05) is 17.7 Å². The van der Waals surface area contributed by atoms with Gasteiger partial charge in [-0.2, -0.15) is 0 Å². The summed E-state index contributed by atoms with van der Waals surface area (Å²) in [5.74, 6) is 1.56. The molecule has 0 aliphatic carbocycles. The molecule has 0 saturated heterocycles. The van der Waals surface area contributed by atoms with Crippen LogP contribution < -0.4 is 15.4 Å². The number of anilines is 2. The fourth-order valence-electron chi connectivity index (χ4n) is 2.06. The summed E-state index contributed by atoms with van der Waals surface area (Å²) in [6.45, 7) is 0.494. The first-order valence-corrected chi connectivity index (χ1v) is 7.29. The van der Waals surface area contributed by atoms with Gasteiger partial charge in [-0.05, 0) is 24.3 Å². The van der Waals surface area contributed by atoms with E-state index in [-0.39, 0.29) is 11.6 Å². The van der Waals surface area contributed by atoms with Crippen molar-refractivity contribution in [2.45, 2.75) is 6.54 Å². The number of nitrogens with one attached hydrogen (secondary N) is 2. The number of hydrogen-bond acceptors (Lipinski definition) is 6. The lowest BCUT2D eigenvalue weighted by Crippen LogP contribution is -2.15. The van der Waals surface area contributed by atoms with Gasteiger partial charge in [-0.25, -0.2) is 9.97 Å². The number of carbonyl (C=O) groups excluding carboxylic acids is 1. The Kier molecular flexibility index (Phi) is 4.71. The molecular weight excluding hydrogens is 308 g/mol. The van der Waals surface area contributed by atoms with E-state index in [0.29, 0.717) is 23.8 Å². The van der Waals surface area contributed by atoms with Crippen LogP contribution in [0.4, 0.5) is 11.5 Å². The van der Waals surface area contributed by atoms with Crippen molar-refractivity contribution >= 4 is 17.4 Å². The summed E-state index contributed by atoms with van der Waals surface area (Å²) in [5, 5.41) is 5.81. The van der Waals surface area contributed by atoms with Crippen molar-refractivity contribution < 1.29 is 13.9 Å². The van der Waals surface area contributed by atoms with Gasteiger partial charge in [0.15, 0.2) is 0 Å². The largest absolute Gasteiger partial charge is 0.495 e. The molecule has 0 fully saturated rings. The Balaban J connectivity index is 1.63. The highest BCUT2D eigenvalue weighted by molar-refractivity contribution is 6.03. The molecule has 0 saturated carbocycles. The Hall–Kier alpha value is -3.35. The summed E-state index contributed by atoms with van der Waals surface area (Å²) < 4.78 is 10.4. The molecule has 24 heavy (non-hydrogen) atoms. The molecule has 7 heteroatoms. The average molecular weight is 324 g/mol. The zero-order valence-corrected chi connectivity index (χ0v) is 13.0. The van der Waals surface area contributed by atoms with Crippen LogP contribution in [-0.2, 0) is 6.54 Å². The van der Waals surface area contributed by atoms with E-state index in [1.807, 2.05) is 24.3 Å². The van der Waals surface area contributed by atoms with Crippen LogP contribution in [0.15, 0.2) is 59.5 Å². The van der Waals surface area contributed by atoms with Crippen LogP contribution in [0.3, 0.4) is 0 Å². The quantitative estimate of drug-likeness (QED) is 0.724. The second-order valence-electron chi connectivity index (χ2n) is 4.87. The van der Waals surface area contributed by atoms with Crippen LogP contribution in [0, 0.1) is 0 Å². The highest BCUT2D eigenvalue weighted by atomic mass is 16.5. The van der Waals surface area contributed by atoms with Crippen molar-refractivity contribution in [3.05, 3.63) is 66.5 Å². The topological polar surface area (TPSA) is 89.3 Å². The van der Waals surface area contributed by atoms with Crippen LogP contribution in [0.5, 0.6) is 5.75 Å². The Morgan fingerprint density at radius 2 is 2.04 bits per heavy atom. The third-order valence-corrected chi connectivity index (χ3v) is 3.26. The number of carbonyl (C=O) groups is 1. The maximum Gasteiger partial charge on any atom is 0.275 e. The van der Waals surface area contributed by atoms with Gasteiger partial charge >= 0.3 is 0 Å². The zero-order chi connectivity index (χ0) is 16.8. The Morgan fingerprint density at radius 1 is 1.17 bits per heavy atom. The molecular formula is C17H16N4O3. The summed E-state index contributed by atoms with van der Waals surface area (Å²) in [6.07, 6.45) is 4.52. The van der Waals surface area contributed by atoms with Gasteiger partial charge in [0.1, 0.15) is 23.0 Å². The first-order chi connectivity index (χ1) is 11.8. The number of methoxy groups -OCH3 is 1. The van der Waals surface area contributed by atoms with E-state index in [4.69, 9.17) is 9.15 Å². The van der Waals surface area contributed by atoms with Gasteiger partial charge in [0.25, 0.3) is 5.91 Å². The second kappa shape index (κ2) is 7.28. The predicted molar refractivity (Wildman–Crippen MR) is 89.0 cm³/mol. The minimum absolute atomic E-state index is 0.212. The molecule has 3 aromatic rings. The second-order valence-corrected chi connectivity index (χ2v) is 4.87. The molecule has 7 nitrogen and oxygen atoms in total. The number of para-hydroxylation sites is 2. The number of aromatic nitrogens is 2. The number of nitrogens with zero attached hydrogens (tertiary/aromatic N) is 2. The van der Waals surface area contributed by atoms with Crippen LogP contribution in [0.25, 0.3) is 0 Å². The molecule has 0 aliphatic rings. The van der Waals surface area contributed by atoms with Crippen molar-refractivity contribution in [2.24, 2.45) is 0 Å². The van der Waals surface area contributed by atoms with Gasteiger partial charge in [-0.1, -0.05) is 12.1 Å². The van der Waals surface area contributed by atoms with Crippen molar-refractivity contribution in [1.82, 2.24) is 9.97 Å². The summed E-state index contributed by atoms with van der Waals surface area (Å²) in [4.78, 5) is 20.5. The molecule has 0 atom stereocenters. The molecule has 0 aliphatic heterocycles. The summed E-state index contributed by atoms with van der Waals surface area (Å²) in [6, 6.07) is 10.8. The molecule has 2 N–H and O–H groups in total. The fraction of sp³-hybridized carbons (Fsp3) is 0.118. The van der Waals surface area contributed by atoms with Gasteiger partial charge in [0.2, 0.25) is 0 Å². The van der Waals surface area contributed by atoms with E-state index in [9.17, 15) is 4.79 Å². The molecule has 3 rings (SSSR count). The van der Waals surface area contributed by atoms with Gasteiger partial charge in [0.05, 0.1) is 38.0 Å². The van der Waals surface area contributed by atoms with E-state index in [1.165, 1.54) is 12.4 Å². The van der Waals surface area contributed by atoms with E-state index in [0.717, 1.165) is 5.76 Å². The van der Waals surface area contributed by atoms with Gasteiger partial charge in [0, 0.05) is 0 Å². The highest BCUT2D eigenvalue weighted by Crippen LogP contribution is 2.23. The van der Waals surface area contributed by atoms with Crippen LogP contribution in [0.2, 0.25) is 0 Å². The maximum absolute atomic E-state index is 12.2. The number of furan rings is 1. The highest BCUT2D eigenvalue weighted by Gasteiger charge is 2.11. The summed E-state index contributed by atoms with van der Waals surface area (Å²) >= 11 is 0. The summed E-state index contributed by atoms with van der Waals surface area (Å²) in [7, 11) is 1.55. The van der Waals surface area contributed by atoms with Crippen molar-refractivity contribution in [3.63, 3.8) is 0 Å². The van der Waals surface area contributed by atoms with Crippen LogP contribution in [0.1, 0.15) is 16.2 Å². The average Bonchev–Trinajstić information content (AvgIpc) is 3.14. The SMILES string of the molecule is COc1ccccc1NC(=O)c1cnc(NCc2ccco2)cn1. The first-order valence-electron chi connectivity index (χ1n) is 7.29. The maximum atomic E-state index is 12.2. The van der Waals surface area contributed by atoms with Crippen molar-refractivity contribution in [3.8, 4) is 5.75 Å². The van der Waals surface area contributed by atoms with Gasteiger partial charge < -0.3 is 19.8 Å². The monoisotopic (exact) mass is 324 g/mol. The number of benzene rings is 1. The molecule has 2 heterocycles. The molecule has 2 aromatic heterocycles. The van der Waals surface area contributed by atoms with Crippen LogP contribution in [-0.4, -0.2) is 23.0 Å². The molecule has 0 spiro atoms. The third-order valence-electron chi connectivity index (χ3n) is 3.26. The predicted octanol–water partition coefficient (Wildman–Crippen LogP) is 2.94. The normalized spacial score (nSPS) is 10.2. The minimum atomic E-state index is -0.357. The lowest BCUT2D eigenvalue weighted by atomic mass is 10.3. The zero-order valence-electron chi connectivity index (χ0n) is 13.0. The Labute approximate surface area is 138 Å². The summed E-state index contributed by atoms with van der Waals surface area (Å²) in [5.41, 5.74) is 0.788. The molecule has 0 bridgehead atoms. The molecule has 0 unspecified atom stereocenters. The number of amides is 1. The van der Waals surface area contributed by atoms with E-state index >= 15 is 0 Å². The number of ether oxygens (including phenoxy) is 1. The molecule has 1 aromatic carbocycles. The van der Waals surface area contributed by atoms with Gasteiger partial charge in [-0.15, -0.1) is 0 Å². The lowest BCUT2D eigenvalue weighted by Gasteiger charge is -2.09. The van der Waals surface area contributed by atoms with Crippen molar-refractivity contribution in [1.29, 1.82) is 0 Å². The lowest BCUT2D eigenvalue weighted by molar-refractivity contribution is 0.102. The van der Waals surface area contributed by atoms with Crippen LogP contribution >= 0.6 is 0 Å². The van der Waals surface area contributed by atoms with E-state index < -0.39 is 0 Å². The first kappa shape index (κ1) is 15.5. The molecule has 0 radical (unpaired) electrons. The smallest absolute Gasteiger partial charge is 0.275 e. The minimum Gasteiger partial charge on any atom is -0.495 e.